The van der Waals surface area contributed by atoms with Gasteiger partial charge in [-0.05, 0) is 42.7 Å². The Kier molecular flexibility index (Phi) is 7.73. The highest BCUT2D eigenvalue weighted by atomic mass is 19.4. The highest BCUT2D eigenvalue weighted by molar-refractivity contribution is 5.35. The molecule has 1 N–H and O–H groups in total. The third-order valence-corrected chi connectivity index (χ3v) is 5.41. The van der Waals surface area contributed by atoms with Gasteiger partial charge in [0, 0.05) is 11.8 Å². The van der Waals surface area contributed by atoms with Crippen LogP contribution < -0.4 is 0 Å². The van der Waals surface area contributed by atoms with E-state index in [1.807, 2.05) is 12.1 Å². The van der Waals surface area contributed by atoms with Crippen molar-refractivity contribution < 1.29 is 40.9 Å². The van der Waals surface area contributed by atoms with Crippen molar-refractivity contribution in [2.45, 2.75) is 44.0 Å². The molecule has 1 heterocycles. The van der Waals surface area contributed by atoms with E-state index in [-0.39, 0.29) is 30.8 Å². The highest BCUT2D eigenvalue weighted by Crippen LogP contribution is 2.41. The quantitative estimate of drug-likeness (QED) is 0.442. The maximum Gasteiger partial charge on any atom is 0.416 e. The molecule has 2 unspecified atom stereocenters. The summed E-state index contributed by atoms with van der Waals surface area (Å²) in [4.78, 5) is 0. The molecule has 0 amide bonds. The molecule has 0 aromatic heterocycles. The lowest BCUT2D eigenvalue weighted by Gasteiger charge is -2.37. The van der Waals surface area contributed by atoms with Gasteiger partial charge in [0.1, 0.15) is 6.61 Å². The molecule has 3 nitrogen and oxygen atoms in total. The highest BCUT2D eigenvalue weighted by Gasteiger charge is 2.39. The zero-order chi connectivity index (χ0) is 24.2. The number of hydrogen-bond donors (Lipinski definition) is 1. The third kappa shape index (κ3) is 6.28. The van der Waals surface area contributed by atoms with Crippen LogP contribution in [0.4, 0.5) is 26.3 Å². The van der Waals surface area contributed by atoms with E-state index in [1.54, 1.807) is 18.2 Å². The molecule has 33 heavy (non-hydrogen) atoms. The van der Waals surface area contributed by atoms with Gasteiger partial charge in [-0.2, -0.15) is 26.3 Å². The standard InChI is InChI=1S/C24H22F6O3/c1-15(18-12-19(23(25,26)27)14-20(13-18)24(28,29)30)33-22-21(16-6-3-2-4-7-16)17(8-5-10-31)9-11-32-22/h2-4,6-7,12-15,17,21-22,31H,9-11H2,1H3/t15?,17-,21+,22?/m1/s1. The Hall–Kier alpha value is -2.54. The molecule has 0 bridgehead atoms. The molecule has 2 aromatic rings. The van der Waals surface area contributed by atoms with E-state index >= 15 is 0 Å². The molecule has 2 aromatic carbocycles. The largest absolute Gasteiger partial charge is 0.416 e. The fraction of sp³-hybridized carbons (Fsp3) is 0.417. The van der Waals surface area contributed by atoms with Gasteiger partial charge >= 0.3 is 12.4 Å². The molecule has 0 radical (unpaired) electrons. The van der Waals surface area contributed by atoms with Crippen molar-refractivity contribution in [2.75, 3.05) is 13.2 Å². The van der Waals surface area contributed by atoms with Crippen molar-refractivity contribution in [2.24, 2.45) is 5.92 Å². The Balaban J connectivity index is 1.95. The first kappa shape index (κ1) is 25.1. The topological polar surface area (TPSA) is 38.7 Å². The first-order valence-corrected chi connectivity index (χ1v) is 10.2. The molecular weight excluding hydrogens is 450 g/mol. The molecule has 1 saturated heterocycles. The van der Waals surface area contributed by atoms with Crippen LogP contribution >= 0.6 is 0 Å². The number of aliphatic hydroxyl groups excluding tert-OH is 1. The van der Waals surface area contributed by atoms with Gasteiger partial charge in [0.2, 0.25) is 0 Å². The number of aliphatic hydroxyl groups is 1. The van der Waals surface area contributed by atoms with Crippen LogP contribution in [0.5, 0.6) is 0 Å². The summed E-state index contributed by atoms with van der Waals surface area (Å²) in [5, 5.41) is 9.08. The Labute approximate surface area is 187 Å². The van der Waals surface area contributed by atoms with Gasteiger partial charge in [-0.25, -0.2) is 0 Å². The molecule has 4 atom stereocenters. The van der Waals surface area contributed by atoms with Gasteiger partial charge < -0.3 is 14.6 Å². The van der Waals surface area contributed by atoms with Gasteiger partial charge in [0.05, 0.1) is 23.8 Å². The Morgan fingerprint density at radius 1 is 1.03 bits per heavy atom. The summed E-state index contributed by atoms with van der Waals surface area (Å²) in [7, 11) is 0. The van der Waals surface area contributed by atoms with E-state index in [4.69, 9.17) is 14.6 Å². The number of ether oxygens (including phenoxy) is 2. The van der Waals surface area contributed by atoms with Crippen LogP contribution in [0.1, 0.15) is 47.6 Å². The second-order valence-electron chi connectivity index (χ2n) is 7.67. The molecule has 1 aliphatic rings. The van der Waals surface area contributed by atoms with Gasteiger partial charge in [-0.3, -0.25) is 0 Å². The zero-order valence-corrected chi connectivity index (χ0v) is 17.6. The second kappa shape index (κ2) is 10.2. The van der Waals surface area contributed by atoms with Crippen LogP contribution in [-0.4, -0.2) is 24.6 Å². The number of halogens is 6. The Bertz CT molecular complexity index is 959. The maximum absolute atomic E-state index is 13.2. The van der Waals surface area contributed by atoms with Gasteiger partial charge in [-0.1, -0.05) is 42.2 Å². The fourth-order valence-corrected chi connectivity index (χ4v) is 3.80. The summed E-state index contributed by atoms with van der Waals surface area (Å²) in [5.74, 6) is 4.85. The minimum Gasteiger partial charge on any atom is -0.384 e. The van der Waals surface area contributed by atoms with Crippen molar-refractivity contribution in [3.05, 3.63) is 70.8 Å². The van der Waals surface area contributed by atoms with E-state index in [1.165, 1.54) is 6.92 Å². The number of benzene rings is 2. The van der Waals surface area contributed by atoms with Gasteiger partial charge in [0.15, 0.2) is 6.29 Å². The average molecular weight is 472 g/mol. The first-order valence-electron chi connectivity index (χ1n) is 10.2. The SMILES string of the molecule is CC(OC1OCC[C@@H](C#CCO)[C@@H]1c1ccccc1)c1cc(C(F)(F)F)cc(C(F)(F)F)c1. The lowest BCUT2D eigenvalue weighted by molar-refractivity contribution is -0.204. The minimum atomic E-state index is -4.95. The van der Waals surface area contributed by atoms with Crippen molar-refractivity contribution in [1.82, 2.24) is 0 Å². The van der Waals surface area contributed by atoms with E-state index < -0.39 is 41.8 Å². The molecule has 0 spiro atoms. The van der Waals surface area contributed by atoms with Crippen molar-refractivity contribution in [3.63, 3.8) is 0 Å². The minimum absolute atomic E-state index is 0.0839. The lowest BCUT2D eigenvalue weighted by Crippen LogP contribution is -2.37. The summed E-state index contributed by atoms with van der Waals surface area (Å²) in [5.41, 5.74) is -2.28. The van der Waals surface area contributed by atoms with Crippen LogP contribution in [-0.2, 0) is 21.8 Å². The molecule has 1 fully saturated rings. The van der Waals surface area contributed by atoms with E-state index in [9.17, 15) is 26.3 Å². The van der Waals surface area contributed by atoms with Crippen LogP contribution in [0.3, 0.4) is 0 Å². The smallest absolute Gasteiger partial charge is 0.384 e. The molecule has 0 aliphatic carbocycles. The van der Waals surface area contributed by atoms with Crippen LogP contribution in [0.25, 0.3) is 0 Å². The molecular formula is C24H22F6O3. The van der Waals surface area contributed by atoms with Crippen LogP contribution in [0, 0.1) is 17.8 Å². The summed E-state index contributed by atoms with van der Waals surface area (Å²) in [6.07, 6.45) is -11.5. The average Bonchev–Trinajstić information content (AvgIpc) is 2.76. The molecule has 0 saturated carbocycles. The monoisotopic (exact) mass is 472 g/mol. The molecule has 1 aliphatic heterocycles. The molecule has 178 valence electrons. The maximum atomic E-state index is 13.2. The van der Waals surface area contributed by atoms with Crippen LogP contribution in [0.15, 0.2) is 48.5 Å². The molecule has 3 rings (SSSR count). The predicted molar refractivity (Wildman–Crippen MR) is 108 cm³/mol. The van der Waals surface area contributed by atoms with Gasteiger partial charge in [0.25, 0.3) is 0 Å². The third-order valence-electron chi connectivity index (χ3n) is 5.41. The summed E-state index contributed by atoms with van der Waals surface area (Å²) in [6, 6.07) is 10.4. The molecule has 9 heteroatoms. The number of hydrogen-bond acceptors (Lipinski definition) is 3. The number of rotatable bonds is 4. The second-order valence-corrected chi connectivity index (χ2v) is 7.67. The number of alkyl halides is 6. The summed E-state index contributed by atoms with van der Waals surface area (Å²) < 4.78 is 91.1. The van der Waals surface area contributed by atoms with E-state index in [2.05, 4.69) is 11.8 Å². The lowest BCUT2D eigenvalue weighted by atomic mass is 9.82. The fourth-order valence-electron chi connectivity index (χ4n) is 3.80. The van der Waals surface area contributed by atoms with Crippen molar-refractivity contribution in [1.29, 1.82) is 0 Å². The van der Waals surface area contributed by atoms with Crippen molar-refractivity contribution in [3.8, 4) is 11.8 Å². The summed E-state index contributed by atoms with van der Waals surface area (Å²) in [6.45, 7) is 1.28. The van der Waals surface area contributed by atoms with Crippen LogP contribution in [0.2, 0.25) is 0 Å². The Morgan fingerprint density at radius 2 is 1.64 bits per heavy atom. The van der Waals surface area contributed by atoms with E-state index in [0.29, 0.717) is 18.6 Å². The van der Waals surface area contributed by atoms with Crippen molar-refractivity contribution >= 4 is 0 Å². The normalized spacial score (nSPS) is 22.4. The van der Waals surface area contributed by atoms with E-state index in [0.717, 1.165) is 5.56 Å². The zero-order valence-electron chi connectivity index (χ0n) is 17.6. The summed E-state index contributed by atoms with van der Waals surface area (Å²) >= 11 is 0. The van der Waals surface area contributed by atoms with Gasteiger partial charge in [-0.15, -0.1) is 0 Å². The Morgan fingerprint density at radius 3 is 2.18 bits per heavy atom. The predicted octanol–water partition coefficient (Wildman–Crippen LogP) is 5.94. The first-order chi connectivity index (χ1) is 15.5.